The van der Waals surface area contributed by atoms with E-state index in [1.165, 1.54) is 23.9 Å². The van der Waals surface area contributed by atoms with Gasteiger partial charge in [-0.2, -0.15) is 0 Å². The van der Waals surface area contributed by atoms with E-state index in [2.05, 4.69) is 34.7 Å². The van der Waals surface area contributed by atoms with E-state index in [1.54, 1.807) is 24.4 Å². The van der Waals surface area contributed by atoms with Gasteiger partial charge in [-0.15, -0.1) is 0 Å². The van der Waals surface area contributed by atoms with Gasteiger partial charge in [0.05, 0.1) is 17.4 Å². The van der Waals surface area contributed by atoms with Crippen LogP contribution >= 0.6 is 0 Å². The third-order valence-electron chi connectivity index (χ3n) is 4.02. The SMILES string of the molecule is CCc1ccc(Nc2cncc(C(=O)NCc3ccc(F)cc3)c2)cc1. The lowest BCUT2D eigenvalue weighted by Crippen LogP contribution is -2.23. The molecule has 2 N–H and O–H groups in total. The number of pyridine rings is 1. The Kier molecular flexibility index (Phi) is 5.59. The number of carbonyl (C=O) groups excluding carboxylic acids is 1. The van der Waals surface area contributed by atoms with Crippen LogP contribution in [0, 0.1) is 5.82 Å². The van der Waals surface area contributed by atoms with Gasteiger partial charge < -0.3 is 10.6 Å². The minimum atomic E-state index is -0.296. The van der Waals surface area contributed by atoms with Crippen molar-refractivity contribution in [2.24, 2.45) is 0 Å². The second-order valence-corrected chi connectivity index (χ2v) is 5.95. The highest BCUT2D eigenvalue weighted by atomic mass is 19.1. The zero-order valence-electron chi connectivity index (χ0n) is 14.5. The Labute approximate surface area is 152 Å². The van der Waals surface area contributed by atoms with Gasteiger partial charge in [0.1, 0.15) is 5.82 Å². The minimum Gasteiger partial charge on any atom is -0.354 e. The lowest BCUT2D eigenvalue weighted by atomic mass is 10.1. The quantitative estimate of drug-likeness (QED) is 0.691. The second-order valence-electron chi connectivity index (χ2n) is 5.95. The van der Waals surface area contributed by atoms with E-state index in [1.807, 2.05) is 12.1 Å². The lowest BCUT2D eigenvalue weighted by molar-refractivity contribution is 0.0950. The van der Waals surface area contributed by atoms with Gasteiger partial charge in [-0.3, -0.25) is 9.78 Å². The molecular weight excluding hydrogens is 329 g/mol. The van der Waals surface area contributed by atoms with Gasteiger partial charge in [-0.25, -0.2) is 4.39 Å². The summed E-state index contributed by atoms with van der Waals surface area (Å²) in [5.74, 6) is -0.526. The molecule has 26 heavy (non-hydrogen) atoms. The molecule has 0 fully saturated rings. The molecule has 4 nitrogen and oxygen atoms in total. The molecule has 0 bridgehead atoms. The summed E-state index contributed by atoms with van der Waals surface area (Å²) in [6.45, 7) is 2.44. The van der Waals surface area contributed by atoms with E-state index in [-0.39, 0.29) is 11.7 Å². The average Bonchev–Trinajstić information content (AvgIpc) is 2.68. The average molecular weight is 349 g/mol. The highest BCUT2D eigenvalue weighted by Crippen LogP contribution is 2.17. The summed E-state index contributed by atoms with van der Waals surface area (Å²) in [6.07, 6.45) is 4.18. The van der Waals surface area contributed by atoms with Crippen LogP contribution < -0.4 is 10.6 Å². The summed E-state index contributed by atoms with van der Waals surface area (Å²) < 4.78 is 12.9. The molecule has 2 aromatic carbocycles. The van der Waals surface area contributed by atoms with Crippen molar-refractivity contribution >= 4 is 17.3 Å². The summed E-state index contributed by atoms with van der Waals surface area (Å²) in [6, 6.07) is 15.9. The van der Waals surface area contributed by atoms with Crippen LogP contribution in [0.15, 0.2) is 67.0 Å². The monoisotopic (exact) mass is 349 g/mol. The van der Waals surface area contributed by atoms with Crippen molar-refractivity contribution in [1.82, 2.24) is 10.3 Å². The fourth-order valence-electron chi connectivity index (χ4n) is 2.51. The van der Waals surface area contributed by atoms with Crippen LogP contribution in [0.25, 0.3) is 0 Å². The molecular formula is C21H20FN3O. The van der Waals surface area contributed by atoms with E-state index in [0.717, 1.165) is 23.4 Å². The predicted octanol–water partition coefficient (Wildman–Crippen LogP) is 4.46. The van der Waals surface area contributed by atoms with Gasteiger partial charge in [0.2, 0.25) is 0 Å². The fraction of sp³-hybridized carbons (Fsp3) is 0.143. The van der Waals surface area contributed by atoms with Crippen molar-refractivity contribution in [1.29, 1.82) is 0 Å². The molecule has 0 saturated carbocycles. The molecule has 0 atom stereocenters. The molecule has 1 aromatic heterocycles. The van der Waals surface area contributed by atoms with Crippen molar-refractivity contribution in [2.75, 3.05) is 5.32 Å². The number of carbonyl (C=O) groups is 1. The van der Waals surface area contributed by atoms with Crippen LogP contribution in [0.3, 0.4) is 0 Å². The van der Waals surface area contributed by atoms with Gasteiger partial charge >= 0.3 is 0 Å². The molecule has 5 heteroatoms. The summed E-state index contributed by atoms with van der Waals surface area (Å²) in [7, 11) is 0. The van der Waals surface area contributed by atoms with Crippen molar-refractivity contribution in [3.63, 3.8) is 0 Å². The molecule has 3 aromatic rings. The Morgan fingerprint density at radius 2 is 1.65 bits per heavy atom. The number of nitrogens with one attached hydrogen (secondary N) is 2. The van der Waals surface area contributed by atoms with E-state index in [4.69, 9.17) is 0 Å². The first-order chi connectivity index (χ1) is 12.6. The summed E-state index contributed by atoms with van der Waals surface area (Å²) >= 11 is 0. The molecule has 1 heterocycles. The standard InChI is InChI=1S/C21H20FN3O/c1-2-15-5-9-19(10-6-15)25-20-11-17(13-23-14-20)21(26)24-12-16-3-7-18(22)8-4-16/h3-11,13-14,25H,2,12H2,1H3,(H,24,26). The Morgan fingerprint density at radius 3 is 2.35 bits per heavy atom. The van der Waals surface area contributed by atoms with Crippen molar-refractivity contribution < 1.29 is 9.18 Å². The molecule has 0 aliphatic rings. The summed E-state index contributed by atoms with van der Waals surface area (Å²) in [4.78, 5) is 16.4. The highest BCUT2D eigenvalue weighted by molar-refractivity contribution is 5.94. The molecule has 0 aliphatic heterocycles. The highest BCUT2D eigenvalue weighted by Gasteiger charge is 2.07. The number of amides is 1. The number of anilines is 2. The Balaban J connectivity index is 1.63. The van der Waals surface area contributed by atoms with Crippen LogP contribution in [0.1, 0.15) is 28.4 Å². The van der Waals surface area contributed by atoms with Gasteiger partial charge in [-0.1, -0.05) is 31.2 Å². The number of benzene rings is 2. The molecule has 0 spiro atoms. The first kappa shape index (κ1) is 17.6. The van der Waals surface area contributed by atoms with E-state index < -0.39 is 0 Å². The molecule has 3 rings (SSSR count). The maximum atomic E-state index is 12.9. The lowest BCUT2D eigenvalue weighted by Gasteiger charge is -2.09. The number of nitrogens with zero attached hydrogens (tertiary/aromatic N) is 1. The van der Waals surface area contributed by atoms with Gasteiger partial charge in [0.25, 0.3) is 5.91 Å². The maximum Gasteiger partial charge on any atom is 0.253 e. The number of aromatic nitrogens is 1. The predicted molar refractivity (Wildman–Crippen MR) is 101 cm³/mol. The smallest absolute Gasteiger partial charge is 0.253 e. The van der Waals surface area contributed by atoms with E-state index in [0.29, 0.717) is 12.1 Å². The van der Waals surface area contributed by atoms with Crippen molar-refractivity contribution in [2.45, 2.75) is 19.9 Å². The number of hydrogen-bond donors (Lipinski definition) is 2. The number of halogens is 1. The summed E-state index contributed by atoms with van der Waals surface area (Å²) in [5.41, 5.74) is 4.24. The van der Waals surface area contributed by atoms with Gasteiger partial charge in [-0.05, 0) is 47.9 Å². The normalized spacial score (nSPS) is 10.4. The zero-order valence-corrected chi connectivity index (χ0v) is 14.5. The second kappa shape index (κ2) is 8.25. The molecule has 132 valence electrons. The molecule has 0 saturated heterocycles. The maximum absolute atomic E-state index is 12.9. The van der Waals surface area contributed by atoms with Crippen molar-refractivity contribution in [3.05, 3.63) is 89.5 Å². The first-order valence-corrected chi connectivity index (χ1v) is 8.47. The Hall–Kier alpha value is -3.21. The molecule has 0 unspecified atom stereocenters. The largest absolute Gasteiger partial charge is 0.354 e. The number of aryl methyl sites for hydroxylation is 1. The number of rotatable bonds is 6. The molecule has 1 amide bonds. The minimum absolute atomic E-state index is 0.230. The zero-order chi connectivity index (χ0) is 18.4. The third-order valence-corrected chi connectivity index (χ3v) is 4.02. The van der Waals surface area contributed by atoms with Crippen LogP contribution in [-0.4, -0.2) is 10.9 Å². The van der Waals surface area contributed by atoms with Crippen LogP contribution in [0.4, 0.5) is 15.8 Å². The van der Waals surface area contributed by atoms with Crippen molar-refractivity contribution in [3.8, 4) is 0 Å². The Morgan fingerprint density at radius 1 is 0.962 bits per heavy atom. The number of hydrogen-bond acceptors (Lipinski definition) is 3. The van der Waals surface area contributed by atoms with Gasteiger partial charge in [0.15, 0.2) is 0 Å². The van der Waals surface area contributed by atoms with Crippen LogP contribution in [-0.2, 0) is 13.0 Å². The van der Waals surface area contributed by atoms with Crippen LogP contribution in [0.5, 0.6) is 0 Å². The fourth-order valence-corrected chi connectivity index (χ4v) is 2.51. The Bertz CT molecular complexity index is 877. The summed E-state index contributed by atoms with van der Waals surface area (Å²) in [5, 5.41) is 6.06. The van der Waals surface area contributed by atoms with Gasteiger partial charge in [0, 0.05) is 18.4 Å². The first-order valence-electron chi connectivity index (χ1n) is 8.47. The van der Waals surface area contributed by atoms with Crippen LogP contribution in [0.2, 0.25) is 0 Å². The van der Waals surface area contributed by atoms with E-state index >= 15 is 0 Å². The molecule has 0 aliphatic carbocycles. The molecule has 0 radical (unpaired) electrons. The topological polar surface area (TPSA) is 54.0 Å². The van der Waals surface area contributed by atoms with E-state index in [9.17, 15) is 9.18 Å². The third kappa shape index (κ3) is 4.66.